The molecular formula is C7H12N2. The van der Waals surface area contributed by atoms with Gasteiger partial charge in [-0.25, -0.2) is 4.99 Å². The van der Waals surface area contributed by atoms with Gasteiger partial charge >= 0.3 is 0 Å². The Kier molecular flexibility index (Phi) is 2.85. The van der Waals surface area contributed by atoms with Crippen LogP contribution in [0.4, 0.5) is 0 Å². The van der Waals surface area contributed by atoms with Crippen LogP contribution in [0.5, 0.6) is 0 Å². The SMILES string of the molecule is C=CC(C)(C)C=NC=N. The van der Waals surface area contributed by atoms with E-state index >= 15 is 0 Å². The summed E-state index contributed by atoms with van der Waals surface area (Å²) in [6, 6.07) is 0. The lowest BCUT2D eigenvalue weighted by molar-refractivity contribution is 0.697. The zero-order valence-electron chi connectivity index (χ0n) is 5.89. The van der Waals surface area contributed by atoms with E-state index in [-0.39, 0.29) is 5.41 Å². The van der Waals surface area contributed by atoms with Gasteiger partial charge in [0.25, 0.3) is 0 Å². The van der Waals surface area contributed by atoms with E-state index in [2.05, 4.69) is 11.6 Å². The third-order valence-electron chi connectivity index (χ3n) is 1.01. The van der Waals surface area contributed by atoms with Crippen LogP contribution in [-0.4, -0.2) is 12.6 Å². The lowest BCUT2D eigenvalue weighted by Crippen LogP contribution is -2.07. The Morgan fingerprint density at radius 3 is 2.44 bits per heavy atom. The van der Waals surface area contributed by atoms with Gasteiger partial charge in [0, 0.05) is 11.6 Å². The van der Waals surface area contributed by atoms with Crippen LogP contribution in [0.1, 0.15) is 13.8 Å². The molecule has 0 atom stereocenters. The first-order valence-electron chi connectivity index (χ1n) is 2.79. The largest absolute Gasteiger partial charge is 0.290 e. The van der Waals surface area contributed by atoms with Gasteiger partial charge < -0.3 is 0 Å². The Hall–Kier alpha value is -0.920. The number of nitrogens with one attached hydrogen (secondary N) is 1. The second-order valence-electron chi connectivity index (χ2n) is 2.43. The van der Waals surface area contributed by atoms with E-state index in [9.17, 15) is 0 Å². The average molecular weight is 124 g/mol. The molecule has 1 N–H and O–H groups in total. The summed E-state index contributed by atoms with van der Waals surface area (Å²) >= 11 is 0. The van der Waals surface area contributed by atoms with Crippen molar-refractivity contribution in [2.75, 3.05) is 0 Å². The highest BCUT2D eigenvalue weighted by Crippen LogP contribution is 2.11. The molecule has 2 nitrogen and oxygen atoms in total. The predicted octanol–water partition coefficient (Wildman–Crippen LogP) is 1.88. The molecule has 0 aromatic carbocycles. The van der Waals surface area contributed by atoms with Crippen LogP contribution in [0.15, 0.2) is 17.6 Å². The third kappa shape index (κ3) is 3.64. The summed E-state index contributed by atoms with van der Waals surface area (Å²) in [5, 5.41) is 6.60. The lowest BCUT2D eigenvalue weighted by Gasteiger charge is -2.10. The second kappa shape index (κ2) is 3.17. The lowest BCUT2D eigenvalue weighted by atomic mass is 9.96. The first kappa shape index (κ1) is 8.08. The molecule has 0 fully saturated rings. The molecule has 0 aliphatic heterocycles. The van der Waals surface area contributed by atoms with Gasteiger partial charge in [0.1, 0.15) is 6.34 Å². The Balaban J connectivity index is 3.99. The zero-order chi connectivity index (χ0) is 7.33. The quantitative estimate of drug-likeness (QED) is 0.339. The van der Waals surface area contributed by atoms with Crippen molar-refractivity contribution in [3.8, 4) is 0 Å². The van der Waals surface area contributed by atoms with Crippen LogP contribution >= 0.6 is 0 Å². The molecular weight excluding hydrogens is 112 g/mol. The minimum absolute atomic E-state index is 0.0858. The molecule has 0 rings (SSSR count). The van der Waals surface area contributed by atoms with E-state index < -0.39 is 0 Å². The predicted molar refractivity (Wildman–Crippen MR) is 41.3 cm³/mol. The fourth-order valence-corrected chi connectivity index (χ4v) is 0.282. The number of rotatable bonds is 3. The minimum atomic E-state index is -0.0858. The van der Waals surface area contributed by atoms with Gasteiger partial charge in [-0.05, 0) is 0 Å². The molecule has 0 amide bonds. The molecule has 0 aliphatic rings. The number of nitrogens with zero attached hydrogens (tertiary/aromatic N) is 1. The molecule has 0 radical (unpaired) electrons. The van der Waals surface area contributed by atoms with Gasteiger partial charge in [0.15, 0.2) is 0 Å². The van der Waals surface area contributed by atoms with Crippen molar-refractivity contribution in [2.24, 2.45) is 10.4 Å². The molecule has 50 valence electrons. The Bertz CT molecular complexity index is 134. The van der Waals surface area contributed by atoms with Crippen molar-refractivity contribution < 1.29 is 0 Å². The maximum atomic E-state index is 6.60. The first-order chi connectivity index (χ1) is 4.12. The highest BCUT2D eigenvalue weighted by atomic mass is 14.7. The van der Waals surface area contributed by atoms with E-state index in [1.54, 1.807) is 12.3 Å². The number of hydrogen-bond donors (Lipinski definition) is 1. The molecule has 2 heteroatoms. The molecule has 0 aromatic rings. The Morgan fingerprint density at radius 2 is 2.11 bits per heavy atom. The van der Waals surface area contributed by atoms with E-state index in [1.165, 1.54) is 0 Å². The third-order valence-corrected chi connectivity index (χ3v) is 1.01. The van der Waals surface area contributed by atoms with Gasteiger partial charge in [-0.3, -0.25) is 5.41 Å². The summed E-state index contributed by atoms with van der Waals surface area (Å²) in [6.45, 7) is 7.58. The van der Waals surface area contributed by atoms with Gasteiger partial charge in [0.05, 0.1) is 0 Å². The normalized spacial score (nSPS) is 11.8. The van der Waals surface area contributed by atoms with Crippen molar-refractivity contribution in [3.63, 3.8) is 0 Å². The molecule has 0 spiro atoms. The van der Waals surface area contributed by atoms with Crippen molar-refractivity contribution in [1.29, 1.82) is 5.41 Å². The molecule has 0 saturated heterocycles. The standard InChI is InChI=1S/C7H12N2/c1-4-7(2,3)5-9-6-8/h4-6,8H,1H2,2-3H3. The van der Waals surface area contributed by atoms with Crippen LogP contribution in [0.25, 0.3) is 0 Å². The Morgan fingerprint density at radius 1 is 1.56 bits per heavy atom. The van der Waals surface area contributed by atoms with Gasteiger partial charge in [-0.2, -0.15) is 0 Å². The van der Waals surface area contributed by atoms with Gasteiger partial charge in [0.2, 0.25) is 0 Å². The van der Waals surface area contributed by atoms with Crippen molar-refractivity contribution in [3.05, 3.63) is 12.7 Å². The highest BCUT2D eigenvalue weighted by Gasteiger charge is 2.06. The van der Waals surface area contributed by atoms with Crippen molar-refractivity contribution in [2.45, 2.75) is 13.8 Å². The molecule has 0 unspecified atom stereocenters. The highest BCUT2D eigenvalue weighted by molar-refractivity contribution is 5.76. The summed E-state index contributed by atoms with van der Waals surface area (Å²) in [5.74, 6) is 0. The molecule has 0 heterocycles. The van der Waals surface area contributed by atoms with Crippen LogP contribution < -0.4 is 0 Å². The van der Waals surface area contributed by atoms with Gasteiger partial charge in [-0.1, -0.05) is 19.9 Å². The zero-order valence-corrected chi connectivity index (χ0v) is 5.89. The summed E-state index contributed by atoms with van der Waals surface area (Å²) in [6.07, 6.45) is 4.50. The fraction of sp³-hybridized carbons (Fsp3) is 0.429. The number of hydrogen-bond acceptors (Lipinski definition) is 1. The number of aliphatic imine (C=N–C) groups is 1. The molecule has 0 aromatic heterocycles. The van der Waals surface area contributed by atoms with E-state index in [4.69, 9.17) is 5.41 Å². The number of allylic oxidation sites excluding steroid dienone is 1. The topological polar surface area (TPSA) is 36.2 Å². The second-order valence-corrected chi connectivity index (χ2v) is 2.43. The van der Waals surface area contributed by atoms with E-state index in [0.717, 1.165) is 6.34 Å². The minimum Gasteiger partial charge on any atom is -0.290 e. The molecule has 0 saturated carbocycles. The summed E-state index contributed by atoms with van der Waals surface area (Å²) < 4.78 is 0. The molecule has 0 bridgehead atoms. The average Bonchev–Trinajstić information content (AvgIpc) is 1.84. The maximum absolute atomic E-state index is 6.60. The van der Waals surface area contributed by atoms with Crippen LogP contribution in [0, 0.1) is 10.8 Å². The van der Waals surface area contributed by atoms with E-state index in [1.807, 2.05) is 13.8 Å². The van der Waals surface area contributed by atoms with Crippen molar-refractivity contribution in [1.82, 2.24) is 0 Å². The monoisotopic (exact) mass is 124 g/mol. The van der Waals surface area contributed by atoms with Crippen LogP contribution in [-0.2, 0) is 0 Å². The fourth-order valence-electron chi connectivity index (χ4n) is 0.282. The first-order valence-corrected chi connectivity index (χ1v) is 2.79. The summed E-state index contributed by atoms with van der Waals surface area (Å²) in [4.78, 5) is 3.66. The van der Waals surface area contributed by atoms with Gasteiger partial charge in [-0.15, -0.1) is 6.58 Å². The molecule has 9 heavy (non-hydrogen) atoms. The maximum Gasteiger partial charge on any atom is 0.106 e. The molecule has 0 aliphatic carbocycles. The summed E-state index contributed by atoms with van der Waals surface area (Å²) in [5.41, 5.74) is -0.0858. The Labute approximate surface area is 55.8 Å². The van der Waals surface area contributed by atoms with Crippen LogP contribution in [0.3, 0.4) is 0 Å². The summed E-state index contributed by atoms with van der Waals surface area (Å²) in [7, 11) is 0. The van der Waals surface area contributed by atoms with E-state index in [0.29, 0.717) is 0 Å². The van der Waals surface area contributed by atoms with Crippen molar-refractivity contribution >= 4 is 12.6 Å². The van der Waals surface area contributed by atoms with Crippen LogP contribution in [0.2, 0.25) is 0 Å². The smallest absolute Gasteiger partial charge is 0.106 e.